The monoisotopic (exact) mass is 264 g/mol. The zero-order valence-electron chi connectivity index (χ0n) is 13.0. The number of hydrogen-bond acceptors (Lipinski definition) is 3. The number of methoxy groups -OCH3 is 1. The van der Waals surface area contributed by atoms with Gasteiger partial charge in [0.05, 0.1) is 7.11 Å². The molecule has 0 atom stereocenters. The molecule has 0 saturated carbocycles. The first-order valence-electron chi connectivity index (χ1n) is 6.97. The van der Waals surface area contributed by atoms with Crippen molar-refractivity contribution in [1.82, 2.24) is 5.32 Å². The SMILES string of the molecule is COc1cc(C)c(C)cc1CCNCCC(C)(C)N. The van der Waals surface area contributed by atoms with Gasteiger partial charge in [0.2, 0.25) is 0 Å². The maximum absolute atomic E-state index is 5.95. The molecule has 0 heterocycles. The van der Waals surface area contributed by atoms with Crippen molar-refractivity contribution in [3.63, 3.8) is 0 Å². The van der Waals surface area contributed by atoms with Crippen LogP contribution >= 0.6 is 0 Å². The van der Waals surface area contributed by atoms with Crippen molar-refractivity contribution in [3.8, 4) is 5.75 Å². The Bertz CT molecular complexity index is 408. The summed E-state index contributed by atoms with van der Waals surface area (Å²) in [5.41, 5.74) is 9.72. The highest BCUT2D eigenvalue weighted by molar-refractivity contribution is 5.41. The van der Waals surface area contributed by atoms with Crippen LogP contribution in [0.15, 0.2) is 12.1 Å². The van der Waals surface area contributed by atoms with E-state index in [0.29, 0.717) is 0 Å². The third kappa shape index (κ3) is 5.62. The normalized spacial score (nSPS) is 11.7. The molecule has 0 amide bonds. The van der Waals surface area contributed by atoms with Crippen molar-refractivity contribution in [1.29, 1.82) is 0 Å². The molecule has 0 fully saturated rings. The summed E-state index contributed by atoms with van der Waals surface area (Å²) in [6.45, 7) is 10.3. The third-order valence-electron chi connectivity index (χ3n) is 3.41. The van der Waals surface area contributed by atoms with Gasteiger partial charge in [-0.2, -0.15) is 0 Å². The zero-order valence-corrected chi connectivity index (χ0v) is 13.0. The van der Waals surface area contributed by atoms with E-state index in [9.17, 15) is 0 Å². The number of benzene rings is 1. The second-order valence-electron chi connectivity index (χ2n) is 5.99. The highest BCUT2D eigenvalue weighted by atomic mass is 16.5. The van der Waals surface area contributed by atoms with E-state index in [4.69, 9.17) is 10.5 Å². The topological polar surface area (TPSA) is 47.3 Å². The minimum Gasteiger partial charge on any atom is -0.496 e. The van der Waals surface area contributed by atoms with Crippen LogP contribution in [-0.2, 0) is 6.42 Å². The molecule has 0 saturated heterocycles. The maximum atomic E-state index is 5.95. The second-order valence-corrected chi connectivity index (χ2v) is 5.99. The Labute approximate surface area is 117 Å². The molecule has 0 aromatic heterocycles. The fourth-order valence-corrected chi connectivity index (χ4v) is 1.99. The highest BCUT2D eigenvalue weighted by Gasteiger charge is 2.09. The van der Waals surface area contributed by atoms with E-state index in [2.05, 4.69) is 45.1 Å². The summed E-state index contributed by atoms with van der Waals surface area (Å²) in [7, 11) is 1.73. The minimum absolute atomic E-state index is 0.0921. The maximum Gasteiger partial charge on any atom is 0.122 e. The van der Waals surface area contributed by atoms with E-state index in [1.54, 1.807) is 7.11 Å². The molecule has 3 N–H and O–H groups in total. The average molecular weight is 264 g/mol. The van der Waals surface area contributed by atoms with Crippen molar-refractivity contribution in [3.05, 3.63) is 28.8 Å². The van der Waals surface area contributed by atoms with Crippen molar-refractivity contribution in [2.45, 2.75) is 46.1 Å². The largest absolute Gasteiger partial charge is 0.496 e. The fraction of sp³-hybridized carbons (Fsp3) is 0.625. The molecule has 0 aliphatic heterocycles. The smallest absolute Gasteiger partial charge is 0.122 e. The lowest BCUT2D eigenvalue weighted by Gasteiger charge is -2.18. The zero-order chi connectivity index (χ0) is 14.5. The van der Waals surface area contributed by atoms with Gasteiger partial charge in [-0.3, -0.25) is 0 Å². The molecule has 1 rings (SSSR count). The van der Waals surface area contributed by atoms with Crippen LogP contribution < -0.4 is 15.8 Å². The number of ether oxygens (including phenoxy) is 1. The van der Waals surface area contributed by atoms with Crippen molar-refractivity contribution in [2.24, 2.45) is 5.73 Å². The van der Waals surface area contributed by atoms with E-state index >= 15 is 0 Å². The number of hydrogen-bond donors (Lipinski definition) is 2. The van der Waals surface area contributed by atoms with Crippen LogP contribution in [0.2, 0.25) is 0 Å². The number of rotatable bonds is 7. The van der Waals surface area contributed by atoms with Gasteiger partial charge in [0, 0.05) is 5.54 Å². The number of aryl methyl sites for hydroxylation is 2. The summed E-state index contributed by atoms with van der Waals surface area (Å²) < 4.78 is 5.44. The predicted molar refractivity (Wildman–Crippen MR) is 81.9 cm³/mol. The van der Waals surface area contributed by atoms with Crippen LogP contribution in [0.1, 0.15) is 37.0 Å². The first kappa shape index (κ1) is 16.0. The predicted octanol–water partition coefficient (Wildman–Crippen LogP) is 2.57. The molecule has 0 unspecified atom stereocenters. The van der Waals surface area contributed by atoms with Gasteiger partial charge >= 0.3 is 0 Å². The van der Waals surface area contributed by atoms with Crippen molar-refractivity contribution < 1.29 is 4.74 Å². The molecule has 19 heavy (non-hydrogen) atoms. The summed E-state index contributed by atoms with van der Waals surface area (Å²) in [5.74, 6) is 0.990. The minimum atomic E-state index is -0.0921. The lowest BCUT2D eigenvalue weighted by atomic mass is 10.0. The van der Waals surface area contributed by atoms with E-state index in [1.807, 2.05) is 0 Å². The summed E-state index contributed by atoms with van der Waals surface area (Å²) in [4.78, 5) is 0. The molecule has 0 radical (unpaired) electrons. The van der Waals surface area contributed by atoms with Gasteiger partial charge in [-0.25, -0.2) is 0 Å². The molecule has 0 aliphatic carbocycles. The first-order valence-corrected chi connectivity index (χ1v) is 6.97. The molecule has 0 aliphatic rings. The molecule has 0 spiro atoms. The Morgan fingerprint density at radius 1 is 1.16 bits per heavy atom. The summed E-state index contributed by atoms with van der Waals surface area (Å²) in [5, 5.41) is 3.44. The third-order valence-corrected chi connectivity index (χ3v) is 3.41. The lowest BCUT2D eigenvalue weighted by molar-refractivity contribution is 0.408. The van der Waals surface area contributed by atoms with Crippen molar-refractivity contribution >= 4 is 0 Å². The molecule has 1 aromatic rings. The standard InChI is InChI=1S/C16H28N2O/c1-12-10-14(15(19-5)11-13(12)2)6-8-18-9-7-16(3,4)17/h10-11,18H,6-9,17H2,1-5H3. The average Bonchev–Trinajstić information content (AvgIpc) is 2.31. The number of nitrogens with two attached hydrogens (primary N) is 1. The Kier molecular flexibility index (Phi) is 5.83. The van der Waals surface area contributed by atoms with E-state index < -0.39 is 0 Å². The van der Waals surface area contributed by atoms with E-state index in [0.717, 1.165) is 31.7 Å². The van der Waals surface area contributed by atoms with Crippen LogP contribution in [0.5, 0.6) is 5.75 Å². The lowest BCUT2D eigenvalue weighted by Crippen LogP contribution is -2.36. The quantitative estimate of drug-likeness (QED) is 0.744. The van der Waals surface area contributed by atoms with Gasteiger partial charge in [0.15, 0.2) is 0 Å². The molecule has 3 heteroatoms. The van der Waals surface area contributed by atoms with Gasteiger partial charge in [0.25, 0.3) is 0 Å². The highest BCUT2D eigenvalue weighted by Crippen LogP contribution is 2.23. The summed E-state index contributed by atoms with van der Waals surface area (Å²) in [6.07, 6.45) is 1.96. The Morgan fingerprint density at radius 2 is 1.79 bits per heavy atom. The van der Waals surface area contributed by atoms with Gasteiger partial charge < -0.3 is 15.8 Å². The Morgan fingerprint density at radius 3 is 2.37 bits per heavy atom. The van der Waals surface area contributed by atoms with E-state index in [1.165, 1.54) is 16.7 Å². The molecule has 3 nitrogen and oxygen atoms in total. The molecule has 1 aromatic carbocycles. The van der Waals surface area contributed by atoms with Crippen LogP contribution in [-0.4, -0.2) is 25.7 Å². The molecular weight excluding hydrogens is 236 g/mol. The second kappa shape index (κ2) is 6.92. The summed E-state index contributed by atoms with van der Waals surface area (Å²) >= 11 is 0. The number of nitrogens with one attached hydrogen (secondary N) is 1. The molecule has 108 valence electrons. The Balaban J connectivity index is 2.47. The van der Waals surface area contributed by atoms with Crippen LogP contribution in [0.3, 0.4) is 0 Å². The van der Waals surface area contributed by atoms with E-state index in [-0.39, 0.29) is 5.54 Å². The molecule has 0 bridgehead atoms. The summed E-state index contributed by atoms with van der Waals surface area (Å²) in [6, 6.07) is 4.34. The first-order chi connectivity index (χ1) is 8.83. The van der Waals surface area contributed by atoms with Crippen LogP contribution in [0.25, 0.3) is 0 Å². The van der Waals surface area contributed by atoms with Crippen LogP contribution in [0.4, 0.5) is 0 Å². The van der Waals surface area contributed by atoms with Gasteiger partial charge in [-0.15, -0.1) is 0 Å². The van der Waals surface area contributed by atoms with Gasteiger partial charge in [-0.1, -0.05) is 6.07 Å². The van der Waals surface area contributed by atoms with Crippen LogP contribution in [0, 0.1) is 13.8 Å². The Hall–Kier alpha value is -1.06. The fourth-order valence-electron chi connectivity index (χ4n) is 1.99. The molecular formula is C16H28N2O. The van der Waals surface area contributed by atoms with Gasteiger partial charge in [0.1, 0.15) is 5.75 Å². The van der Waals surface area contributed by atoms with Crippen molar-refractivity contribution in [2.75, 3.05) is 20.2 Å². The van der Waals surface area contributed by atoms with Gasteiger partial charge in [-0.05, 0) is 76.4 Å².